The van der Waals surface area contributed by atoms with Crippen molar-refractivity contribution in [2.75, 3.05) is 5.32 Å². The number of rotatable bonds is 5. The number of nitrogens with one attached hydrogen (secondary N) is 2. The highest BCUT2D eigenvalue weighted by Gasteiger charge is 2.22. The molecule has 2 aromatic rings. The topological polar surface area (TPSA) is 58.2 Å². The highest BCUT2D eigenvalue weighted by Crippen LogP contribution is 2.35. The molecule has 2 N–H and O–H groups in total. The molecule has 0 aliphatic carbocycles. The summed E-state index contributed by atoms with van der Waals surface area (Å²) >= 11 is 3.23. The predicted octanol–water partition coefficient (Wildman–Crippen LogP) is 3.43. The number of fused-ring (bicyclic) bond motifs is 1. The molecule has 6 heteroatoms. The zero-order valence-electron chi connectivity index (χ0n) is 12.8. The van der Waals surface area contributed by atoms with E-state index in [0.717, 1.165) is 22.6 Å². The molecule has 1 aliphatic heterocycles. The molecule has 1 aromatic carbocycles. The summed E-state index contributed by atoms with van der Waals surface area (Å²) in [5, 5.41) is 7.80. The van der Waals surface area contributed by atoms with E-state index in [1.165, 1.54) is 4.88 Å². The smallest absolute Gasteiger partial charge is 0.237 e. The van der Waals surface area contributed by atoms with Gasteiger partial charge in [-0.25, -0.2) is 0 Å². The standard InChI is InChI=1S/C17H18N2O2S2/c1-11-17(21)19-14-9-12(4-6-15(14)23-11)10-18-16(20)7-5-13-3-2-8-22-13/h2-4,6,8-9,11H,5,7,10H2,1H3,(H,18,20)(H,19,21). The lowest BCUT2D eigenvalue weighted by Gasteiger charge is -2.22. The number of hydrogen-bond acceptors (Lipinski definition) is 4. The van der Waals surface area contributed by atoms with E-state index in [0.29, 0.717) is 13.0 Å². The predicted molar refractivity (Wildman–Crippen MR) is 94.9 cm³/mol. The lowest BCUT2D eigenvalue weighted by Crippen LogP contribution is -2.27. The number of carbonyl (C=O) groups is 2. The lowest BCUT2D eigenvalue weighted by atomic mass is 10.2. The van der Waals surface area contributed by atoms with Gasteiger partial charge in [-0.15, -0.1) is 23.1 Å². The second-order valence-electron chi connectivity index (χ2n) is 5.44. The molecule has 0 spiro atoms. The van der Waals surface area contributed by atoms with Gasteiger partial charge >= 0.3 is 0 Å². The van der Waals surface area contributed by atoms with E-state index in [-0.39, 0.29) is 17.1 Å². The largest absolute Gasteiger partial charge is 0.352 e. The number of anilines is 1. The molecule has 0 saturated heterocycles. The van der Waals surface area contributed by atoms with Gasteiger partial charge in [0.15, 0.2) is 0 Å². The SMILES string of the molecule is CC1Sc2ccc(CNC(=O)CCc3cccs3)cc2NC1=O. The van der Waals surface area contributed by atoms with Crippen LogP contribution >= 0.6 is 23.1 Å². The number of hydrogen-bond donors (Lipinski definition) is 2. The van der Waals surface area contributed by atoms with Crippen molar-refractivity contribution in [3.8, 4) is 0 Å². The normalized spacial score (nSPS) is 16.6. The summed E-state index contributed by atoms with van der Waals surface area (Å²) in [6.07, 6.45) is 1.27. The van der Waals surface area contributed by atoms with Gasteiger partial charge in [0, 0.05) is 22.7 Å². The maximum atomic E-state index is 11.9. The van der Waals surface area contributed by atoms with E-state index in [9.17, 15) is 9.59 Å². The Balaban J connectivity index is 1.53. The van der Waals surface area contributed by atoms with Crippen LogP contribution in [-0.2, 0) is 22.6 Å². The van der Waals surface area contributed by atoms with Crippen molar-refractivity contribution >= 4 is 40.6 Å². The van der Waals surface area contributed by atoms with Crippen LogP contribution in [0.2, 0.25) is 0 Å². The van der Waals surface area contributed by atoms with Crippen LogP contribution in [0.25, 0.3) is 0 Å². The molecule has 2 heterocycles. The van der Waals surface area contributed by atoms with Crippen LogP contribution in [0.4, 0.5) is 5.69 Å². The molecular formula is C17H18N2O2S2. The van der Waals surface area contributed by atoms with Crippen molar-refractivity contribution in [3.05, 3.63) is 46.2 Å². The Morgan fingerprint density at radius 3 is 3.00 bits per heavy atom. The molecule has 4 nitrogen and oxygen atoms in total. The van der Waals surface area contributed by atoms with E-state index in [4.69, 9.17) is 0 Å². The number of amides is 2. The van der Waals surface area contributed by atoms with Crippen LogP contribution in [0.1, 0.15) is 23.8 Å². The van der Waals surface area contributed by atoms with Gasteiger partial charge in [0.2, 0.25) is 11.8 Å². The van der Waals surface area contributed by atoms with Gasteiger partial charge in [0.1, 0.15) is 0 Å². The Bertz CT molecular complexity index is 713. The Morgan fingerprint density at radius 1 is 1.35 bits per heavy atom. The third kappa shape index (κ3) is 4.14. The summed E-state index contributed by atoms with van der Waals surface area (Å²) < 4.78 is 0. The molecule has 1 aliphatic rings. The van der Waals surface area contributed by atoms with Crippen molar-refractivity contribution < 1.29 is 9.59 Å². The molecular weight excluding hydrogens is 328 g/mol. The van der Waals surface area contributed by atoms with Crippen LogP contribution in [0.3, 0.4) is 0 Å². The van der Waals surface area contributed by atoms with Gasteiger partial charge < -0.3 is 10.6 Å². The molecule has 0 saturated carbocycles. The lowest BCUT2D eigenvalue weighted by molar-refractivity contribution is -0.121. The summed E-state index contributed by atoms with van der Waals surface area (Å²) in [5.41, 5.74) is 1.83. The van der Waals surface area contributed by atoms with Crippen LogP contribution in [-0.4, -0.2) is 17.1 Å². The van der Waals surface area contributed by atoms with Gasteiger partial charge in [0.05, 0.1) is 10.9 Å². The van der Waals surface area contributed by atoms with Crippen LogP contribution < -0.4 is 10.6 Å². The number of carbonyl (C=O) groups excluding carboxylic acids is 2. The Hall–Kier alpha value is -1.79. The quantitative estimate of drug-likeness (QED) is 0.872. The third-order valence-electron chi connectivity index (χ3n) is 3.64. The summed E-state index contributed by atoms with van der Waals surface area (Å²) in [4.78, 5) is 25.9. The van der Waals surface area contributed by atoms with Crippen molar-refractivity contribution in [2.24, 2.45) is 0 Å². The summed E-state index contributed by atoms with van der Waals surface area (Å²) in [6.45, 7) is 2.37. The van der Waals surface area contributed by atoms with E-state index in [2.05, 4.69) is 10.6 Å². The molecule has 1 atom stereocenters. The second-order valence-corrected chi connectivity index (χ2v) is 7.85. The summed E-state index contributed by atoms with van der Waals surface area (Å²) in [5.74, 6) is 0.0720. The minimum atomic E-state index is -0.0645. The van der Waals surface area contributed by atoms with Gasteiger partial charge in [0.25, 0.3) is 0 Å². The minimum absolute atomic E-state index is 0.0274. The number of aryl methyl sites for hydroxylation is 1. The average Bonchev–Trinajstić information content (AvgIpc) is 3.05. The molecule has 0 radical (unpaired) electrons. The number of thioether (sulfide) groups is 1. The fraction of sp³-hybridized carbons (Fsp3) is 0.294. The Kier molecular flexibility index (Phi) is 5.03. The fourth-order valence-corrected chi connectivity index (χ4v) is 3.99. The zero-order valence-corrected chi connectivity index (χ0v) is 14.4. The molecule has 1 aromatic heterocycles. The maximum absolute atomic E-state index is 11.9. The van der Waals surface area contributed by atoms with E-state index in [1.807, 2.05) is 42.6 Å². The van der Waals surface area contributed by atoms with Crippen LogP contribution in [0.15, 0.2) is 40.6 Å². The van der Waals surface area contributed by atoms with Crippen molar-refractivity contribution in [1.82, 2.24) is 5.32 Å². The van der Waals surface area contributed by atoms with Crippen molar-refractivity contribution in [2.45, 2.75) is 36.5 Å². The zero-order chi connectivity index (χ0) is 16.2. The van der Waals surface area contributed by atoms with E-state index >= 15 is 0 Å². The third-order valence-corrected chi connectivity index (χ3v) is 5.76. The first kappa shape index (κ1) is 16.1. The Labute approximate surface area is 143 Å². The van der Waals surface area contributed by atoms with Crippen LogP contribution in [0, 0.1) is 0 Å². The van der Waals surface area contributed by atoms with E-state index < -0.39 is 0 Å². The van der Waals surface area contributed by atoms with Gasteiger partial charge in [-0.1, -0.05) is 12.1 Å². The molecule has 0 fully saturated rings. The van der Waals surface area contributed by atoms with Gasteiger partial charge in [-0.3, -0.25) is 9.59 Å². The summed E-state index contributed by atoms with van der Waals surface area (Å²) in [6, 6.07) is 9.98. The van der Waals surface area contributed by atoms with E-state index in [1.54, 1.807) is 23.1 Å². The number of thiophene rings is 1. The number of benzene rings is 1. The maximum Gasteiger partial charge on any atom is 0.237 e. The molecule has 3 rings (SSSR count). The fourth-order valence-electron chi connectivity index (χ4n) is 2.35. The van der Waals surface area contributed by atoms with Crippen molar-refractivity contribution in [1.29, 1.82) is 0 Å². The second kappa shape index (κ2) is 7.19. The Morgan fingerprint density at radius 2 is 2.22 bits per heavy atom. The first-order valence-electron chi connectivity index (χ1n) is 7.51. The molecule has 2 amide bonds. The molecule has 1 unspecified atom stereocenters. The molecule has 23 heavy (non-hydrogen) atoms. The monoisotopic (exact) mass is 346 g/mol. The minimum Gasteiger partial charge on any atom is -0.352 e. The van der Waals surface area contributed by atoms with Crippen molar-refractivity contribution in [3.63, 3.8) is 0 Å². The molecule has 120 valence electrons. The van der Waals surface area contributed by atoms with Gasteiger partial charge in [-0.2, -0.15) is 0 Å². The summed E-state index contributed by atoms with van der Waals surface area (Å²) in [7, 11) is 0. The molecule has 0 bridgehead atoms. The first-order valence-corrected chi connectivity index (χ1v) is 9.27. The first-order chi connectivity index (χ1) is 11.1. The highest BCUT2D eigenvalue weighted by molar-refractivity contribution is 8.00. The highest BCUT2D eigenvalue weighted by atomic mass is 32.2. The average molecular weight is 346 g/mol. The van der Waals surface area contributed by atoms with Crippen LogP contribution in [0.5, 0.6) is 0 Å². The van der Waals surface area contributed by atoms with Gasteiger partial charge in [-0.05, 0) is 42.5 Å².